The first-order valence-electron chi connectivity index (χ1n) is 10.9. The molecular weight excluding hydrogens is 384 g/mol. The van der Waals surface area contributed by atoms with E-state index in [4.69, 9.17) is 4.74 Å². The molecule has 3 heterocycles. The van der Waals surface area contributed by atoms with E-state index in [0.29, 0.717) is 25.2 Å². The first-order valence-corrected chi connectivity index (χ1v) is 10.9. The molecule has 0 spiro atoms. The van der Waals surface area contributed by atoms with E-state index in [1.165, 1.54) is 0 Å². The van der Waals surface area contributed by atoms with Crippen LogP contribution in [0.25, 0.3) is 0 Å². The number of nitrogens with zero attached hydrogens (tertiary/aromatic N) is 3. The lowest BCUT2D eigenvalue weighted by Gasteiger charge is -2.36. The van der Waals surface area contributed by atoms with E-state index < -0.39 is 0 Å². The van der Waals surface area contributed by atoms with Crippen LogP contribution in [0, 0.1) is 0 Å². The standard InChI is InChI=1S/C22H30N4O4/c27-20-16-25(22(29)19-3-1-10-26(19)20)15-17-4-6-18(7-5-17)21(28)23-8-2-9-24-11-13-30-14-12-24/h4-7,19H,1-3,8-16H2,(H,23,28). The number of carbonyl (C=O) groups excluding carboxylic acids is 3. The lowest BCUT2D eigenvalue weighted by Crippen LogP contribution is -2.56. The Morgan fingerprint density at radius 3 is 2.63 bits per heavy atom. The van der Waals surface area contributed by atoms with Gasteiger partial charge < -0.3 is 19.9 Å². The second-order valence-electron chi connectivity index (χ2n) is 8.20. The molecule has 0 bridgehead atoms. The Morgan fingerprint density at radius 2 is 1.87 bits per heavy atom. The number of nitrogens with one attached hydrogen (secondary N) is 1. The van der Waals surface area contributed by atoms with E-state index in [-0.39, 0.29) is 30.3 Å². The number of fused-ring (bicyclic) bond motifs is 1. The van der Waals surface area contributed by atoms with Gasteiger partial charge in [-0.05, 0) is 43.5 Å². The zero-order valence-electron chi connectivity index (χ0n) is 17.3. The molecule has 162 valence electrons. The Hall–Kier alpha value is -2.45. The second-order valence-corrected chi connectivity index (χ2v) is 8.20. The van der Waals surface area contributed by atoms with Crippen LogP contribution < -0.4 is 5.32 Å². The fourth-order valence-electron chi connectivity index (χ4n) is 4.41. The lowest BCUT2D eigenvalue weighted by molar-refractivity contribution is -0.154. The van der Waals surface area contributed by atoms with Crippen molar-refractivity contribution < 1.29 is 19.1 Å². The minimum absolute atomic E-state index is 0.0326. The Kier molecular flexibility index (Phi) is 6.64. The van der Waals surface area contributed by atoms with E-state index in [1.807, 2.05) is 12.1 Å². The van der Waals surface area contributed by atoms with Crippen LogP contribution in [0.1, 0.15) is 35.2 Å². The highest BCUT2D eigenvalue weighted by Crippen LogP contribution is 2.24. The highest BCUT2D eigenvalue weighted by Gasteiger charge is 2.41. The van der Waals surface area contributed by atoms with Crippen molar-refractivity contribution >= 4 is 17.7 Å². The van der Waals surface area contributed by atoms with Crippen LogP contribution in [0.4, 0.5) is 0 Å². The van der Waals surface area contributed by atoms with Gasteiger partial charge in [0.2, 0.25) is 11.8 Å². The van der Waals surface area contributed by atoms with Gasteiger partial charge in [0.15, 0.2) is 0 Å². The maximum atomic E-state index is 12.7. The molecule has 4 rings (SSSR count). The lowest BCUT2D eigenvalue weighted by atomic mass is 10.1. The van der Waals surface area contributed by atoms with Gasteiger partial charge in [-0.3, -0.25) is 19.3 Å². The van der Waals surface area contributed by atoms with Crippen molar-refractivity contribution in [2.45, 2.75) is 31.8 Å². The molecule has 3 aliphatic heterocycles. The third-order valence-electron chi connectivity index (χ3n) is 6.13. The Balaban J connectivity index is 1.24. The predicted octanol–water partition coefficient (Wildman–Crippen LogP) is 0.472. The highest BCUT2D eigenvalue weighted by molar-refractivity contribution is 5.95. The Morgan fingerprint density at radius 1 is 1.10 bits per heavy atom. The van der Waals surface area contributed by atoms with Gasteiger partial charge in [-0.2, -0.15) is 0 Å². The van der Waals surface area contributed by atoms with Crippen molar-refractivity contribution in [1.82, 2.24) is 20.0 Å². The SMILES string of the molecule is O=C(NCCCN1CCOCC1)c1ccc(CN2CC(=O)N3CCCC3C2=O)cc1. The summed E-state index contributed by atoms with van der Waals surface area (Å²) in [6, 6.07) is 7.01. The molecule has 0 aliphatic carbocycles. The van der Waals surface area contributed by atoms with Crippen LogP contribution in [0.5, 0.6) is 0 Å². The number of rotatable bonds is 7. The van der Waals surface area contributed by atoms with Gasteiger partial charge in [-0.15, -0.1) is 0 Å². The van der Waals surface area contributed by atoms with E-state index in [0.717, 1.165) is 57.7 Å². The average molecular weight is 415 g/mol. The van der Waals surface area contributed by atoms with E-state index in [9.17, 15) is 14.4 Å². The molecule has 8 heteroatoms. The molecular formula is C22H30N4O4. The molecule has 1 unspecified atom stereocenters. The molecule has 1 N–H and O–H groups in total. The van der Waals surface area contributed by atoms with Crippen LogP contribution in [-0.4, -0.2) is 90.9 Å². The summed E-state index contributed by atoms with van der Waals surface area (Å²) in [5.74, 6) is -0.0197. The number of piperazine rings is 1. The van der Waals surface area contributed by atoms with Crippen molar-refractivity contribution in [2.24, 2.45) is 0 Å². The fourth-order valence-corrected chi connectivity index (χ4v) is 4.41. The molecule has 3 amide bonds. The largest absolute Gasteiger partial charge is 0.379 e. The highest BCUT2D eigenvalue weighted by atomic mass is 16.5. The van der Waals surface area contributed by atoms with Crippen molar-refractivity contribution in [1.29, 1.82) is 0 Å². The summed E-state index contributed by atoms with van der Waals surface area (Å²) < 4.78 is 5.34. The smallest absolute Gasteiger partial charge is 0.251 e. The maximum absolute atomic E-state index is 12.7. The topological polar surface area (TPSA) is 82.2 Å². The first-order chi connectivity index (χ1) is 14.6. The molecule has 30 heavy (non-hydrogen) atoms. The molecule has 0 saturated carbocycles. The van der Waals surface area contributed by atoms with E-state index >= 15 is 0 Å². The number of hydrogen-bond acceptors (Lipinski definition) is 5. The molecule has 0 aromatic heterocycles. The first kappa shape index (κ1) is 20.8. The van der Waals surface area contributed by atoms with Gasteiger partial charge in [0.25, 0.3) is 5.91 Å². The molecule has 1 atom stereocenters. The minimum atomic E-state index is -0.284. The van der Waals surface area contributed by atoms with E-state index in [1.54, 1.807) is 21.9 Å². The maximum Gasteiger partial charge on any atom is 0.251 e. The molecule has 8 nitrogen and oxygen atoms in total. The minimum Gasteiger partial charge on any atom is -0.379 e. The van der Waals surface area contributed by atoms with Gasteiger partial charge in [0.1, 0.15) is 12.6 Å². The fraction of sp³-hybridized carbons (Fsp3) is 0.591. The Labute approximate surface area is 177 Å². The molecule has 3 aliphatic rings. The number of hydrogen-bond donors (Lipinski definition) is 1. The number of benzene rings is 1. The average Bonchev–Trinajstić information content (AvgIpc) is 3.27. The van der Waals surface area contributed by atoms with Crippen LogP contribution >= 0.6 is 0 Å². The van der Waals surface area contributed by atoms with Gasteiger partial charge in [0, 0.05) is 38.3 Å². The number of ether oxygens (including phenoxy) is 1. The molecule has 0 radical (unpaired) electrons. The van der Waals surface area contributed by atoms with Gasteiger partial charge in [0.05, 0.1) is 13.2 Å². The Bertz CT molecular complexity index is 776. The van der Waals surface area contributed by atoms with Crippen LogP contribution in [0.2, 0.25) is 0 Å². The number of carbonyl (C=O) groups is 3. The van der Waals surface area contributed by atoms with Crippen LogP contribution in [0.3, 0.4) is 0 Å². The summed E-state index contributed by atoms with van der Waals surface area (Å²) in [4.78, 5) is 43.0. The summed E-state index contributed by atoms with van der Waals surface area (Å²) in [5, 5.41) is 2.97. The summed E-state index contributed by atoms with van der Waals surface area (Å²) in [5.41, 5.74) is 1.53. The summed E-state index contributed by atoms with van der Waals surface area (Å²) in [7, 11) is 0. The van der Waals surface area contributed by atoms with Crippen molar-refractivity contribution in [3.63, 3.8) is 0 Å². The normalized spacial score (nSPS) is 22.3. The van der Waals surface area contributed by atoms with Crippen molar-refractivity contribution in [3.8, 4) is 0 Å². The molecule has 3 fully saturated rings. The number of morpholine rings is 1. The van der Waals surface area contributed by atoms with Gasteiger partial charge >= 0.3 is 0 Å². The summed E-state index contributed by atoms with van der Waals surface area (Å²) in [6.45, 7) is 6.32. The second kappa shape index (κ2) is 9.57. The zero-order chi connectivity index (χ0) is 20.9. The van der Waals surface area contributed by atoms with Crippen molar-refractivity contribution in [3.05, 3.63) is 35.4 Å². The van der Waals surface area contributed by atoms with Crippen molar-refractivity contribution in [2.75, 3.05) is 52.5 Å². The summed E-state index contributed by atoms with van der Waals surface area (Å²) >= 11 is 0. The third kappa shape index (κ3) is 4.82. The molecule has 1 aromatic rings. The van der Waals surface area contributed by atoms with Gasteiger partial charge in [-0.1, -0.05) is 12.1 Å². The number of amides is 3. The third-order valence-corrected chi connectivity index (χ3v) is 6.13. The quantitative estimate of drug-likeness (QED) is 0.656. The van der Waals surface area contributed by atoms with Crippen LogP contribution in [0.15, 0.2) is 24.3 Å². The van der Waals surface area contributed by atoms with Crippen LogP contribution in [-0.2, 0) is 20.9 Å². The predicted molar refractivity (Wildman–Crippen MR) is 111 cm³/mol. The van der Waals surface area contributed by atoms with E-state index in [2.05, 4.69) is 10.2 Å². The molecule has 1 aromatic carbocycles. The molecule has 3 saturated heterocycles. The zero-order valence-corrected chi connectivity index (χ0v) is 17.3. The monoisotopic (exact) mass is 414 g/mol. The summed E-state index contributed by atoms with van der Waals surface area (Å²) in [6.07, 6.45) is 2.56. The van der Waals surface area contributed by atoms with Gasteiger partial charge in [-0.25, -0.2) is 0 Å².